The third-order valence-electron chi connectivity index (χ3n) is 2.45. The summed E-state index contributed by atoms with van der Waals surface area (Å²) in [4.78, 5) is 25.1. The number of carbonyl (C=O) groups is 2. The van der Waals surface area contributed by atoms with Crippen molar-refractivity contribution in [1.29, 1.82) is 5.26 Å². The molecule has 0 radical (unpaired) electrons. The molecule has 110 valence electrons. The van der Waals surface area contributed by atoms with Gasteiger partial charge in [0.1, 0.15) is 13.2 Å². The quantitative estimate of drug-likeness (QED) is 0.434. The molecule has 0 unspecified atom stereocenters. The zero-order chi connectivity index (χ0) is 15.5. The zero-order valence-electron chi connectivity index (χ0n) is 11.4. The molecule has 0 aromatic heterocycles. The highest BCUT2D eigenvalue weighted by molar-refractivity contribution is 6.27. The first-order valence-corrected chi connectivity index (χ1v) is 5.85. The molecule has 1 rings (SSSR count). The Morgan fingerprint density at radius 2 is 2.10 bits per heavy atom. The summed E-state index contributed by atoms with van der Waals surface area (Å²) in [6.07, 6.45) is 3.04. The standard InChI is InChI=1S/C10H15N3O.C2H2O4/c1-3-13-6-4-5-9(8-13)10(7-11)12-14-2;3-1(4)2(5)6/h5H,3-4,6,8H2,1-2H3;(H,3,4)(H,5,6). The summed E-state index contributed by atoms with van der Waals surface area (Å²) in [5.74, 6) is -3.65. The number of oxime groups is 1. The lowest BCUT2D eigenvalue weighted by molar-refractivity contribution is -0.159. The van der Waals surface area contributed by atoms with Crippen LogP contribution < -0.4 is 0 Å². The fourth-order valence-corrected chi connectivity index (χ4v) is 1.49. The van der Waals surface area contributed by atoms with Crippen molar-refractivity contribution in [2.75, 3.05) is 26.7 Å². The Balaban J connectivity index is 0.000000511. The van der Waals surface area contributed by atoms with Crippen molar-refractivity contribution in [3.05, 3.63) is 11.6 Å². The SMILES string of the molecule is CCN1CCC=C(C(C#N)=NOC)C1.O=C(O)C(=O)O. The molecular weight excluding hydrogens is 266 g/mol. The van der Waals surface area contributed by atoms with Crippen molar-refractivity contribution in [2.45, 2.75) is 13.3 Å². The van der Waals surface area contributed by atoms with Crippen LogP contribution in [0.25, 0.3) is 0 Å². The first kappa shape index (κ1) is 17.6. The van der Waals surface area contributed by atoms with Gasteiger partial charge in [-0.3, -0.25) is 4.90 Å². The van der Waals surface area contributed by atoms with Gasteiger partial charge in [0.25, 0.3) is 0 Å². The highest BCUT2D eigenvalue weighted by Crippen LogP contribution is 2.10. The lowest BCUT2D eigenvalue weighted by Crippen LogP contribution is -2.31. The van der Waals surface area contributed by atoms with Crippen LogP contribution in [0.2, 0.25) is 0 Å². The Morgan fingerprint density at radius 1 is 1.50 bits per heavy atom. The Kier molecular flexibility index (Phi) is 8.38. The van der Waals surface area contributed by atoms with E-state index < -0.39 is 11.9 Å². The third kappa shape index (κ3) is 6.51. The molecule has 1 heterocycles. The van der Waals surface area contributed by atoms with Gasteiger partial charge in [-0.05, 0) is 13.0 Å². The fraction of sp³-hybridized carbons (Fsp3) is 0.500. The number of hydrogen-bond donors (Lipinski definition) is 2. The van der Waals surface area contributed by atoms with E-state index in [1.165, 1.54) is 7.11 Å². The molecule has 0 aromatic rings. The van der Waals surface area contributed by atoms with Crippen LogP contribution >= 0.6 is 0 Å². The summed E-state index contributed by atoms with van der Waals surface area (Å²) >= 11 is 0. The minimum atomic E-state index is -1.82. The third-order valence-corrected chi connectivity index (χ3v) is 2.45. The molecule has 0 bridgehead atoms. The van der Waals surface area contributed by atoms with Crippen LogP contribution in [0, 0.1) is 11.3 Å². The van der Waals surface area contributed by atoms with Gasteiger partial charge in [0.2, 0.25) is 0 Å². The topological polar surface area (TPSA) is 123 Å². The molecule has 8 nitrogen and oxygen atoms in total. The normalized spacial score (nSPS) is 15.2. The summed E-state index contributed by atoms with van der Waals surface area (Å²) in [7, 11) is 1.46. The van der Waals surface area contributed by atoms with Crippen molar-refractivity contribution in [3.8, 4) is 6.07 Å². The second kappa shape index (κ2) is 9.52. The van der Waals surface area contributed by atoms with Gasteiger partial charge in [-0.1, -0.05) is 18.2 Å². The van der Waals surface area contributed by atoms with Crippen LogP contribution in [-0.2, 0) is 14.4 Å². The van der Waals surface area contributed by atoms with Gasteiger partial charge >= 0.3 is 11.9 Å². The second-order valence-corrected chi connectivity index (χ2v) is 3.73. The number of rotatable bonds is 3. The molecule has 1 aliphatic heterocycles. The molecule has 0 aromatic carbocycles. The number of carboxylic acids is 2. The van der Waals surface area contributed by atoms with Gasteiger partial charge in [-0.2, -0.15) is 5.26 Å². The van der Waals surface area contributed by atoms with Crippen LogP contribution in [0.3, 0.4) is 0 Å². The van der Waals surface area contributed by atoms with Crippen molar-refractivity contribution < 1.29 is 24.6 Å². The van der Waals surface area contributed by atoms with Crippen LogP contribution in [0.5, 0.6) is 0 Å². The fourth-order valence-electron chi connectivity index (χ4n) is 1.49. The van der Waals surface area contributed by atoms with E-state index in [1.54, 1.807) is 0 Å². The predicted octanol–water partition coefficient (Wildman–Crippen LogP) is 0.320. The van der Waals surface area contributed by atoms with Crippen LogP contribution in [0.4, 0.5) is 0 Å². The molecule has 20 heavy (non-hydrogen) atoms. The molecule has 0 amide bonds. The number of nitrogens with zero attached hydrogens (tertiary/aromatic N) is 3. The van der Waals surface area contributed by atoms with E-state index in [0.717, 1.165) is 31.6 Å². The Bertz CT molecular complexity index is 438. The summed E-state index contributed by atoms with van der Waals surface area (Å²) in [6, 6.07) is 2.05. The second-order valence-electron chi connectivity index (χ2n) is 3.73. The summed E-state index contributed by atoms with van der Waals surface area (Å²) in [5.41, 5.74) is 1.37. The van der Waals surface area contributed by atoms with Gasteiger partial charge in [0.15, 0.2) is 5.71 Å². The van der Waals surface area contributed by atoms with Crippen molar-refractivity contribution in [3.63, 3.8) is 0 Å². The molecule has 0 atom stereocenters. The molecule has 0 saturated heterocycles. The smallest absolute Gasteiger partial charge is 0.414 e. The van der Waals surface area contributed by atoms with E-state index in [1.807, 2.05) is 6.07 Å². The molecule has 0 fully saturated rings. The average molecular weight is 283 g/mol. The maximum atomic E-state index is 9.10. The average Bonchev–Trinajstić information content (AvgIpc) is 2.45. The Morgan fingerprint density at radius 3 is 2.50 bits per heavy atom. The van der Waals surface area contributed by atoms with E-state index in [9.17, 15) is 0 Å². The summed E-state index contributed by atoms with van der Waals surface area (Å²) < 4.78 is 0. The molecule has 0 aliphatic carbocycles. The summed E-state index contributed by atoms with van der Waals surface area (Å²) in [6.45, 7) is 4.98. The van der Waals surface area contributed by atoms with Crippen LogP contribution in [0.1, 0.15) is 13.3 Å². The molecular formula is C12H17N3O5. The number of hydrogen-bond acceptors (Lipinski definition) is 6. The van der Waals surface area contributed by atoms with Gasteiger partial charge in [0.05, 0.1) is 0 Å². The van der Waals surface area contributed by atoms with E-state index in [2.05, 4.69) is 27.9 Å². The first-order valence-electron chi connectivity index (χ1n) is 5.85. The van der Waals surface area contributed by atoms with E-state index in [-0.39, 0.29) is 0 Å². The predicted molar refractivity (Wildman–Crippen MR) is 70.1 cm³/mol. The Labute approximate surface area is 116 Å². The van der Waals surface area contributed by atoms with Gasteiger partial charge in [-0.15, -0.1) is 0 Å². The van der Waals surface area contributed by atoms with E-state index in [4.69, 9.17) is 25.1 Å². The number of aliphatic carboxylic acids is 2. The van der Waals surface area contributed by atoms with Crippen LogP contribution in [-0.4, -0.2) is 59.5 Å². The highest BCUT2D eigenvalue weighted by Gasteiger charge is 2.15. The van der Waals surface area contributed by atoms with Crippen molar-refractivity contribution in [2.24, 2.45) is 5.16 Å². The van der Waals surface area contributed by atoms with Crippen molar-refractivity contribution in [1.82, 2.24) is 4.90 Å². The largest absolute Gasteiger partial charge is 0.473 e. The monoisotopic (exact) mass is 283 g/mol. The maximum Gasteiger partial charge on any atom is 0.414 e. The number of likely N-dealkylation sites (N-methyl/N-ethyl adjacent to an activating group) is 1. The molecule has 8 heteroatoms. The lowest BCUT2D eigenvalue weighted by atomic mass is 10.1. The number of carboxylic acid groups (broad SMARTS) is 2. The minimum absolute atomic E-state index is 0.394. The number of nitriles is 1. The first-order chi connectivity index (χ1) is 9.46. The molecule has 0 saturated carbocycles. The van der Waals surface area contributed by atoms with Crippen molar-refractivity contribution >= 4 is 17.7 Å². The van der Waals surface area contributed by atoms with E-state index in [0.29, 0.717) is 5.71 Å². The van der Waals surface area contributed by atoms with E-state index >= 15 is 0 Å². The van der Waals surface area contributed by atoms with Crippen LogP contribution in [0.15, 0.2) is 16.8 Å². The summed E-state index contributed by atoms with van der Waals surface area (Å²) in [5, 5.41) is 27.3. The molecule has 2 N–H and O–H groups in total. The highest BCUT2D eigenvalue weighted by atomic mass is 16.6. The van der Waals surface area contributed by atoms with Gasteiger partial charge < -0.3 is 15.1 Å². The Hall–Kier alpha value is -2.40. The van der Waals surface area contributed by atoms with Gasteiger partial charge in [0, 0.05) is 18.7 Å². The van der Waals surface area contributed by atoms with Gasteiger partial charge in [-0.25, -0.2) is 9.59 Å². The minimum Gasteiger partial charge on any atom is -0.473 e. The molecule has 1 aliphatic rings. The zero-order valence-corrected chi connectivity index (χ0v) is 11.4. The molecule has 0 spiro atoms. The maximum absolute atomic E-state index is 9.10. The lowest BCUT2D eigenvalue weighted by Gasteiger charge is -2.24.